The van der Waals surface area contributed by atoms with Crippen molar-refractivity contribution in [3.05, 3.63) is 63.4 Å². The van der Waals surface area contributed by atoms with Gasteiger partial charge in [-0.05, 0) is 46.3 Å². The zero-order valence-corrected chi connectivity index (χ0v) is 11.0. The molecule has 0 heterocycles. The zero-order chi connectivity index (χ0) is 14.2. The summed E-state index contributed by atoms with van der Waals surface area (Å²) >= 11 is 3.11. The van der Waals surface area contributed by atoms with Gasteiger partial charge in [0.2, 0.25) is 0 Å². The summed E-state index contributed by atoms with van der Waals surface area (Å²) in [5, 5.41) is 0. The van der Waals surface area contributed by atoms with E-state index in [0.717, 1.165) is 6.07 Å². The maximum Gasteiger partial charge on any atom is 0.197 e. The van der Waals surface area contributed by atoms with Crippen LogP contribution in [-0.4, -0.2) is 5.78 Å². The number of carbonyl (C=O) groups is 1. The van der Waals surface area contributed by atoms with E-state index >= 15 is 0 Å². The molecule has 0 unspecified atom stereocenters. The SMILES string of the molecule is Nc1ccc(C(=O)c2ccc(F)c(F)c2F)c(Br)c1. The summed E-state index contributed by atoms with van der Waals surface area (Å²) in [6, 6.07) is 5.90. The third-order valence-corrected chi connectivity index (χ3v) is 3.17. The minimum absolute atomic E-state index is 0.110. The fourth-order valence-corrected chi connectivity index (χ4v) is 2.14. The molecule has 98 valence electrons. The lowest BCUT2D eigenvalue weighted by Crippen LogP contribution is -2.08. The fraction of sp³-hybridized carbons (Fsp3) is 0. The Kier molecular flexibility index (Phi) is 3.61. The van der Waals surface area contributed by atoms with Gasteiger partial charge in [0.25, 0.3) is 0 Å². The molecule has 2 rings (SSSR count). The number of rotatable bonds is 2. The van der Waals surface area contributed by atoms with Gasteiger partial charge in [0.15, 0.2) is 23.2 Å². The molecule has 19 heavy (non-hydrogen) atoms. The first-order chi connectivity index (χ1) is 8.91. The average molecular weight is 330 g/mol. The molecule has 0 saturated heterocycles. The van der Waals surface area contributed by atoms with Crippen molar-refractivity contribution >= 4 is 27.4 Å². The van der Waals surface area contributed by atoms with Crippen molar-refractivity contribution in [2.24, 2.45) is 0 Å². The van der Waals surface area contributed by atoms with Crippen LogP contribution >= 0.6 is 15.9 Å². The molecule has 0 amide bonds. The molecule has 0 aliphatic carbocycles. The summed E-state index contributed by atoms with van der Waals surface area (Å²) in [7, 11) is 0. The van der Waals surface area contributed by atoms with Crippen LogP contribution < -0.4 is 5.73 Å². The number of nitrogens with two attached hydrogens (primary N) is 1. The molecule has 0 radical (unpaired) electrons. The Morgan fingerprint density at radius 3 is 2.26 bits per heavy atom. The Morgan fingerprint density at radius 1 is 1.00 bits per heavy atom. The van der Waals surface area contributed by atoms with Crippen molar-refractivity contribution in [1.29, 1.82) is 0 Å². The summed E-state index contributed by atoms with van der Waals surface area (Å²) in [6.07, 6.45) is 0. The highest BCUT2D eigenvalue weighted by molar-refractivity contribution is 9.10. The van der Waals surface area contributed by atoms with E-state index in [1.165, 1.54) is 18.2 Å². The smallest absolute Gasteiger partial charge is 0.197 e. The quantitative estimate of drug-likeness (QED) is 0.519. The molecular weight excluding hydrogens is 323 g/mol. The molecule has 2 nitrogen and oxygen atoms in total. The van der Waals surface area contributed by atoms with Crippen LogP contribution in [0.25, 0.3) is 0 Å². The van der Waals surface area contributed by atoms with Crippen molar-refractivity contribution in [3.63, 3.8) is 0 Å². The Labute approximate surface area is 115 Å². The number of hydrogen-bond donors (Lipinski definition) is 1. The molecular formula is C13H7BrF3NO. The van der Waals surface area contributed by atoms with Crippen LogP contribution in [0.2, 0.25) is 0 Å². The second-order valence-corrected chi connectivity index (χ2v) is 4.65. The Hall–Kier alpha value is -1.82. The van der Waals surface area contributed by atoms with Crippen LogP contribution in [0.4, 0.5) is 18.9 Å². The summed E-state index contributed by atoms with van der Waals surface area (Å²) < 4.78 is 39.8. The molecule has 2 aromatic carbocycles. The molecule has 0 atom stereocenters. The minimum Gasteiger partial charge on any atom is -0.399 e. The molecule has 2 aromatic rings. The first-order valence-corrected chi connectivity index (χ1v) is 5.94. The van der Waals surface area contributed by atoms with Gasteiger partial charge in [-0.15, -0.1) is 0 Å². The van der Waals surface area contributed by atoms with Crippen LogP contribution in [0.5, 0.6) is 0 Å². The zero-order valence-electron chi connectivity index (χ0n) is 9.38. The maximum atomic E-state index is 13.5. The van der Waals surface area contributed by atoms with Crippen LogP contribution in [0.3, 0.4) is 0 Å². The predicted octanol–water partition coefficient (Wildman–Crippen LogP) is 3.68. The van der Waals surface area contributed by atoms with E-state index in [9.17, 15) is 18.0 Å². The second-order valence-electron chi connectivity index (χ2n) is 3.79. The normalized spacial score (nSPS) is 10.5. The van der Waals surface area contributed by atoms with E-state index < -0.39 is 28.8 Å². The topological polar surface area (TPSA) is 43.1 Å². The highest BCUT2D eigenvalue weighted by atomic mass is 79.9. The number of ketones is 1. The fourth-order valence-electron chi connectivity index (χ4n) is 1.56. The first kappa shape index (κ1) is 13.6. The number of halogens is 4. The van der Waals surface area contributed by atoms with Crippen LogP contribution in [-0.2, 0) is 0 Å². The van der Waals surface area contributed by atoms with Crippen molar-refractivity contribution in [2.75, 3.05) is 5.73 Å². The van der Waals surface area contributed by atoms with Gasteiger partial charge in [-0.2, -0.15) is 0 Å². The molecule has 0 saturated carbocycles. The largest absolute Gasteiger partial charge is 0.399 e. The third kappa shape index (κ3) is 2.49. The lowest BCUT2D eigenvalue weighted by Gasteiger charge is -2.06. The van der Waals surface area contributed by atoms with Gasteiger partial charge in [-0.1, -0.05) is 0 Å². The van der Waals surface area contributed by atoms with Gasteiger partial charge in [-0.25, -0.2) is 13.2 Å². The monoisotopic (exact) mass is 329 g/mol. The van der Waals surface area contributed by atoms with E-state index in [4.69, 9.17) is 5.73 Å². The van der Waals surface area contributed by atoms with Crippen LogP contribution in [0.1, 0.15) is 15.9 Å². The number of anilines is 1. The summed E-state index contributed by atoms with van der Waals surface area (Å²) in [5.41, 5.74) is 5.50. The highest BCUT2D eigenvalue weighted by Crippen LogP contribution is 2.25. The van der Waals surface area contributed by atoms with E-state index in [-0.39, 0.29) is 5.56 Å². The predicted molar refractivity (Wildman–Crippen MR) is 68.3 cm³/mol. The Balaban J connectivity index is 2.53. The molecule has 0 spiro atoms. The van der Waals surface area contributed by atoms with Crippen molar-refractivity contribution in [1.82, 2.24) is 0 Å². The average Bonchev–Trinajstić information content (AvgIpc) is 2.35. The Bertz CT molecular complexity index is 673. The van der Waals surface area contributed by atoms with Gasteiger partial charge in [-0.3, -0.25) is 4.79 Å². The van der Waals surface area contributed by atoms with Gasteiger partial charge >= 0.3 is 0 Å². The standard InChI is InChI=1S/C13H7BrF3NO/c14-9-5-6(18)1-2-7(9)13(19)8-3-4-10(15)12(17)11(8)16/h1-5H,18H2. The van der Waals surface area contributed by atoms with E-state index in [2.05, 4.69) is 15.9 Å². The lowest BCUT2D eigenvalue weighted by atomic mass is 10.0. The molecule has 0 fully saturated rings. The molecule has 0 bridgehead atoms. The molecule has 6 heteroatoms. The van der Waals surface area contributed by atoms with E-state index in [1.807, 2.05) is 0 Å². The van der Waals surface area contributed by atoms with Gasteiger partial charge in [0, 0.05) is 15.7 Å². The maximum absolute atomic E-state index is 13.5. The lowest BCUT2D eigenvalue weighted by molar-refractivity contribution is 0.103. The highest BCUT2D eigenvalue weighted by Gasteiger charge is 2.21. The van der Waals surface area contributed by atoms with Crippen molar-refractivity contribution in [3.8, 4) is 0 Å². The molecule has 2 N–H and O–H groups in total. The Morgan fingerprint density at radius 2 is 1.63 bits per heavy atom. The van der Waals surface area contributed by atoms with Crippen LogP contribution in [0.15, 0.2) is 34.8 Å². The van der Waals surface area contributed by atoms with Gasteiger partial charge in [0.1, 0.15) is 0 Å². The third-order valence-electron chi connectivity index (χ3n) is 2.52. The molecule has 0 aliphatic rings. The number of carbonyl (C=O) groups excluding carboxylic acids is 1. The minimum atomic E-state index is -1.67. The van der Waals surface area contributed by atoms with E-state index in [0.29, 0.717) is 16.2 Å². The number of nitrogen functional groups attached to an aromatic ring is 1. The summed E-state index contributed by atoms with van der Waals surface area (Å²) in [5.74, 6) is -5.28. The summed E-state index contributed by atoms with van der Waals surface area (Å²) in [6.45, 7) is 0. The first-order valence-electron chi connectivity index (χ1n) is 5.15. The number of hydrogen-bond acceptors (Lipinski definition) is 2. The number of benzene rings is 2. The molecule has 0 aromatic heterocycles. The van der Waals surface area contributed by atoms with Gasteiger partial charge < -0.3 is 5.73 Å². The van der Waals surface area contributed by atoms with Gasteiger partial charge in [0.05, 0.1) is 5.56 Å². The summed E-state index contributed by atoms with van der Waals surface area (Å²) in [4.78, 5) is 12.1. The van der Waals surface area contributed by atoms with Crippen LogP contribution in [0, 0.1) is 17.5 Å². The second kappa shape index (κ2) is 5.05. The van der Waals surface area contributed by atoms with E-state index in [1.54, 1.807) is 0 Å². The van der Waals surface area contributed by atoms with Crippen molar-refractivity contribution < 1.29 is 18.0 Å². The van der Waals surface area contributed by atoms with Crippen molar-refractivity contribution in [2.45, 2.75) is 0 Å². The molecule has 0 aliphatic heterocycles.